The van der Waals surface area contributed by atoms with Crippen molar-refractivity contribution in [2.75, 3.05) is 38.2 Å². The van der Waals surface area contributed by atoms with Gasteiger partial charge in [-0.05, 0) is 199 Å². The number of para-hydroxylation sites is 1. The van der Waals surface area contributed by atoms with E-state index in [9.17, 15) is 50.4 Å². The lowest BCUT2D eigenvalue weighted by Crippen LogP contribution is -2.16. The van der Waals surface area contributed by atoms with E-state index in [0.717, 1.165) is 72.9 Å². The van der Waals surface area contributed by atoms with Gasteiger partial charge < -0.3 is 31.9 Å². The van der Waals surface area contributed by atoms with Crippen LogP contribution in [-0.2, 0) is 25.6 Å². The van der Waals surface area contributed by atoms with Gasteiger partial charge in [-0.25, -0.2) is 23.4 Å². The zero-order valence-corrected chi connectivity index (χ0v) is 69.2. The number of alkyl halides is 3. The molecule has 20 nitrogen and oxygen atoms in total. The molecule has 608 valence electrons. The summed E-state index contributed by atoms with van der Waals surface area (Å²) in [5, 5.41) is 25.4. The number of hydrogen-bond acceptors (Lipinski definition) is 14. The van der Waals surface area contributed by atoms with Crippen molar-refractivity contribution in [3.8, 4) is 45.0 Å². The Labute approximate surface area is 721 Å². The van der Waals surface area contributed by atoms with Crippen molar-refractivity contribution in [1.82, 2.24) is 29.9 Å². The van der Waals surface area contributed by atoms with Gasteiger partial charge in [0.1, 0.15) is 12.0 Å². The van der Waals surface area contributed by atoms with Crippen LogP contribution in [0, 0.1) is 6.92 Å². The Morgan fingerprint density at radius 3 is 1.06 bits per heavy atom. The van der Waals surface area contributed by atoms with Crippen LogP contribution in [0.15, 0.2) is 297 Å². The van der Waals surface area contributed by atoms with Crippen molar-refractivity contribution < 1.29 is 50.4 Å². The number of aromatic nitrogens is 6. The van der Waals surface area contributed by atoms with Crippen molar-refractivity contribution in [2.24, 2.45) is 0 Å². The van der Waals surface area contributed by atoms with Crippen LogP contribution in [0.1, 0.15) is 66.7 Å². The number of sulfone groups is 1. The van der Waals surface area contributed by atoms with Crippen molar-refractivity contribution in [3.05, 3.63) is 351 Å². The van der Waals surface area contributed by atoms with Gasteiger partial charge in [-0.15, -0.1) is 0 Å². The van der Waals surface area contributed by atoms with Crippen LogP contribution < -0.4 is 31.9 Å². The number of amides is 6. The summed E-state index contributed by atoms with van der Waals surface area (Å²) >= 11 is 31.9. The van der Waals surface area contributed by atoms with Gasteiger partial charge in [0.15, 0.2) is 9.84 Å². The van der Waals surface area contributed by atoms with Crippen LogP contribution in [0.4, 0.5) is 47.3 Å². The van der Waals surface area contributed by atoms with Gasteiger partial charge in [0.2, 0.25) is 11.8 Å². The SMILES string of the molecule is CC(=O)Nc1ccc(C(=O)Nc2ccc(Cl)c(-c3nccc4ccccc34)c2)cc1.CC(=O)Nc1ccc(C(=O)Nc2ccc(Cl)c(-c3ncnc4ccccc34)c2)cc1.CS(=O)(=O)c1ccc(C(=O)Nc2ccc(Cl)c(-c3nccc4ccccc34)c2)c(Cl)c1.Cc1nc(C(F)(F)F)ccc1C(=O)Nc1ccc(Cl)c(-c2nccc3ccccc23)c1. The van der Waals surface area contributed by atoms with Gasteiger partial charge in [-0.2, -0.15) is 13.2 Å². The van der Waals surface area contributed by atoms with Crippen LogP contribution >= 0.6 is 58.0 Å². The first-order valence-electron chi connectivity index (χ1n) is 37.0. The zero-order chi connectivity index (χ0) is 86.5. The molecule has 0 unspecified atom stereocenters. The summed E-state index contributed by atoms with van der Waals surface area (Å²) in [4.78, 5) is 98.6. The number of halogens is 8. The molecule has 6 N–H and O–H groups in total. The molecule has 6 amide bonds. The van der Waals surface area contributed by atoms with Crippen LogP contribution in [0.5, 0.6) is 0 Å². The van der Waals surface area contributed by atoms with Crippen LogP contribution in [0.2, 0.25) is 25.1 Å². The molecular formula is C93H66Cl5F3N12O8S. The van der Waals surface area contributed by atoms with Crippen molar-refractivity contribution in [3.63, 3.8) is 0 Å². The number of pyridine rings is 4. The Kier molecular flexibility index (Phi) is 26.8. The number of benzene rings is 11. The molecule has 16 aromatic rings. The van der Waals surface area contributed by atoms with Crippen molar-refractivity contribution in [2.45, 2.75) is 31.8 Å². The molecule has 29 heteroatoms. The Morgan fingerprint density at radius 2 is 0.689 bits per heavy atom. The number of carbonyl (C=O) groups is 6. The molecule has 5 aromatic heterocycles. The molecule has 0 aliphatic heterocycles. The summed E-state index contributed by atoms with van der Waals surface area (Å²) in [7, 11) is -3.42. The van der Waals surface area contributed by atoms with E-state index in [2.05, 4.69) is 61.8 Å². The molecule has 0 fully saturated rings. The topological polar surface area (TPSA) is 286 Å². The first kappa shape index (κ1) is 86.0. The fourth-order valence-corrected chi connectivity index (χ4v) is 14.7. The van der Waals surface area contributed by atoms with E-state index in [4.69, 9.17) is 58.0 Å². The molecule has 0 aliphatic rings. The highest BCUT2D eigenvalue weighted by Crippen LogP contribution is 2.40. The molecule has 0 radical (unpaired) electrons. The van der Waals surface area contributed by atoms with Crippen LogP contribution in [0.3, 0.4) is 0 Å². The number of rotatable bonds is 15. The zero-order valence-electron chi connectivity index (χ0n) is 64.6. The second-order valence-electron chi connectivity index (χ2n) is 27.2. The van der Waals surface area contributed by atoms with Crippen LogP contribution in [-0.4, -0.2) is 80.0 Å². The van der Waals surface area contributed by atoms with Gasteiger partial charge in [0.25, 0.3) is 23.6 Å². The number of carbonyl (C=O) groups excluding carboxylic acids is 6. The van der Waals surface area contributed by atoms with E-state index in [1.54, 1.807) is 134 Å². The maximum absolute atomic E-state index is 12.8. The summed E-state index contributed by atoms with van der Waals surface area (Å²) in [6.07, 6.45) is 3.13. The van der Waals surface area contributed by atoms with E-state index in [1.807, 2.05) is 121 Å². The van der Waals surface area contributed by atoms with Gasteiger partial charge in [0.05, 0.1) is 75.1 Å². The molecule has 11 aromatic carbocycles. The maximum Gasteiger partial charge on any atom is 0.433 e. The fourth-order valence-electron chi connectivity index (χ4n) is 12.8. The normalized spacial score (nSPS) is 11.0. The third kappa shape index (κ3) is 21.0. The summed E-state index contributed by atoms with van der Waals surface area (Å²) in [6, 6.07) is 76.7. The molecular weight excluding hydrogens is 1680 g/mol. The maximum atomic E-state index is 12.8. The van der Waals surface area contributed by atoms with E-state index >= 15 is 0 Å². The standard InChI is InChI=1S/C24H18ClN3O2.C23H16Cl2N2O3S.C23H15ClF3N3O.C23H17ClN4O2/c1-15(29)27-18-8-6-17(7-9-18)24(30)28-19-10-11-22(25)21(14-19)23-20-5-3-2-4-16(20)12-13-26-23;1-31(29,30)16-7-8-18(21(25)13-16)23(28)27-15-6-9-20(24)19(12-15)22-17-5-3-2-4-14(17)10-11-26-22;1-13-16(7-9-20(29-13)23(25,26)27)22(31)30-15-6-8-19(24)18(12-15)21-17-5-3-2-4-14(17)10-11-28-21;1-14(29)27-16-8-6-15(7-9-16)23(30)28-17-10-11-20(24)19(12-17)22-18-4-2-3-5-21(18)25-13-26-22/h2-14H,1H3,(H,27,29)(H,28,30);2-13H,1H3,(H,27,28);2-12H,1H3,(H,30,31);2-13H,1H3,(H,27,29)(H,28,30). The van der Waals surface area contributed by atoms with E-state index in [0.29, 0.717) is 99.1 Å². The summed E-state index contributed by atoms with van der Waals surface area (Å²) in [6.45, 7) is 4.22. The number of nitrogens with zero attached hydrogens (tertiary/aromatic N) is 6. The molecule has 0 saturated heterocycles. The first-order chi connectivity index (χ1) is 58.5. The molecule has 16 rings (SSSR count). The first-order valence-corrected chi connectivity index (χ1v) is 40.7. The Bertz CT molecular complexity index is 6680. The predicted molar refractivity (Wildman–Crippen MR) is 478 cm³/mol. The van der Waals surface area contributed by atoms with Gasteiger partial charge >= 0.3 is 6.18 Å². The molecule has 0 aliphatic carbocycles. The average molecular weight is 1750 g/mol. The highest BCUT2D eigenvalue weighted by molar-refractivity contribution is 7.90. The summed E-state index contributed by atoms with van der Waals surface area (Å²) in [5.74, 6) is -1.91. The van der Waals surface area contributed by atoms with E-state index < -0.39 is 33.5 Å². The Morgan fingerprint density at radius 1 is 0.344 bits per heavy atom. The number of anilines is 6. The second kappa shape index (κ2) is 38.0. The second-order valence-corrected chi connectivity index (χ2v) is 31.3. The minimum Gasteiger partial charge on any atom is -0.326 e. The fraction of sp³-hybridized carbons (Fsp3) is 0.0538. The molecule has 0 atom stereocenters. The smallest absolute Gasteiger partial charge is 0.326 e. The van der Waals surface area contributed by atoms with Crippen LogP contribution in [0.25, 0.3) is 88.2 Å². The quantitative estimate of drug-likeness (QED) is 0.0557. The lowest BCUT2D eigenvalue weighted by atomic mass is 10.0. The number of aryl methyl sites for hydroxylation is 1. The molecule has 122 heavy (non-hydrogen) atoms. The van der Waals surface area contributed by atoms with Crippen molar-refractivity contribution >= 4 is 181 Å². The van der Waals surface area contributed by atoms with Gasteiger partial charge in [0, 0.05) is 128 Å². The average Bonchev–Trinajstić information content (AvgIpc) is 0.800. The van der Waals surface area contributed by atoms with E-state index in [1.165, 1.54) is 45.3 Å². The minimum atomic E-state index is -4.57. The van der Waals surface area contributed by atoms with Gasteiger partial charge in [-0.3, -0.25) is 43.7 Å². The summed E-state index contributed by atoms with van der Waals surface area (Å²) in [5.41, 5.74) is 9.86. The molecule has 0 saturated carbocycles. The Balaban J connectivity index is 0.000000140. The van der Waals surface area contributed by atoms with E-state index in [-0.39, 0.29) is 50.4 Å². The summed E-state index contributed by atoms with van der Waals surface area (Å²) < 4.78 is 61.8. The highest BCUT2D eigenvalue weighted by atomic mass is 35.5. The van der Waals surface area contributed by atoms with Gasteiger partial charge in [-0.1, -0.05) is 149 Å². The number of nitrogens with one attached hydrogen (secondary N) is 6. The third-order valence-electron chi connectivity index (χ3n) is 18.7. The molecule has 0 bridgehead atoms. The lowest BCUT2D eigenvalue weighted by Gasteiger charge is -2.12. The molecule has 5 heterocycles. The minimum absolute atomic E-state index is 0.0165. The monoisotopic (exact) mass is 1740 g/mol. The third-order valence-corrected chi connectivity index (χ3v) is 21.4. The predicted octanol–water partition coefficient (Wildman–Crippen LogP) is 23.3. The Hall–Kier alpha value is -13.9. The van der Waals surface area contributed by atoms with Crippen molar-refractivity contribution in [1.29, 1.82) is 0 Å². The highest BCUT2D eigenvalue weighted by Gasteiger charge is 2.33. The lowest BCUT2D eigenvalue weighted by molar-refractivity contribution is -0.141. The number of fused-ring (bicyclic) bond motifs is 4. The largest absolute Gasteiger partial charge is 0.433 e. The number of hydrogen-bond donors (Lipinski definition) is 6. The molecule has 0 spiro atoms.